The molecule has 0 spiro atoms. The smallest absolute Gasteiger partial charge is 0.165 e. The van der Waals surface area contributed by atoms with E-state index in [9.17, 15) is 0 Å². The second-order valence-electron chi connectivity index (χ2n) is 4.76. The van der Waals surface area contributed by atoms with Crippen molar-refractivity contribution in [1.82, 2.24) is 19.5 Å². The van der Waals surface area contributed by atoms with Gasteiger partial charge in [-0.15, -0.1) is 0 Å². The normalized spacial score (nSPS) is 11.0. The van der Waals surface area contributed by atoms with Gasteiger partial charge in [0.05, 0.1) is 12.9 Å². The Morgan fingerprint density at radius 2 is 1.95 bits per heavy atom. The molecule has 0 amide bonds. The summed E-state index contributed by atoms with van der Waals surface area (Å²) in [5.41, 5.74) is 8.37. The number of aryl methyl sites for hydroxylation is 1. The van der Waals surface area contributed by atoms with Crippen molar-refractivity contribution in [2.24, 2.45) is 0 Å². The fourth-order valence-electron chi connectivity index (χ4n) is 2.16. The first-order valence-electron chi connectivity index (χ1n) is 6.87. The maximum absolute atomic E-state index is 5.76. The molecule has 21 heavy (non-hydrogen) atoms. The second kappa shape index (κ2) is 6.32. The maximum atomic E-state index is 5.76. The van der Waals surface area contributed by atoms with Gasteiger partial charge in [-0.3, -0.25) is 0 Å². The zero-order valence-electron chi connectivity index (χ0n) is 11.6. The molecule has 2 N–H and O–H groups in total. The first-order chi connectivity index (χ1) is 10.3. The van der Waals surface area contributed by atoms with Crippen molar-refractivity contribution in [3.05, 3.63) is 48.5 Å². The van der Waals surface area contributed by atoms with Crippen LogP contribution < -0.4 is 5.73 Å². The van der Waals surface area contributed by atoms with Gasteiger partial charge < -0.3 is 15.0 Å². The lowest BCUT2D eigenvalue weighted by molar-refractivity contribution is 0.116. The van der Waals surface area contributed by atoms with Crippen molar-refractivity contribution < 1.29 is 4.74 Å². The molecule has 2 heterocycles. The van der Waals surface area contributed by atoms with E-state index in [1.165, 1.54) is 11.9 Å². The highest BCUT2D eigenvalue weighted by atomic mass is 16.5. The fourth-order valence-corrected chi connectivity index (χ4v) is 2.16. The van der Waals surface area contributed by atoms with E-state index < -0.39 is 0 Å². The molecule has 0 unspecified atom stereocenters. The molecule has 6 nitrogen and oxygen atoms in total. The van der Waals surface area contributed by atoms with Crippen LogP contribution in [-0.2, 0) is 17.9 Å². The summed E-state index contributed by atoms with van der Waals surface area (Å²) < 4.78 is 7.63. The van der Waals surface area contributed by atoms with Gasteiger partial charge in [-0.05, 0) is 12.0 Å². The molecule has 0 aliphatic carbocycles. The Morgan fingerprint density at radius 3 is 2.81 bits per heavy atom. The summed E-state index contributed by atoms with van der Waals surface area (Å²) in [6, 6.07) is 10.1. The number of nitrogens with zero attached hydrogens (tertiary/aromatic N) is 4. The van der Waals surface area contributed by atoms with E-state index >= 15 is 0 Å². The highest BCUT2D eigenvalue weighted by Crippen LogP contribution is 2.14. The number of hydrogen-bond acceptors (Lipinski definition) is 5. The average molecular weight is 283 g/mol. The van der Waals surface area contributed by atoms with Crippen molar-refractivity contribution in [2.45, 2.75) is 19.6 Å². The number of ether oxygens (including phenoxy) is 1. The largest absolute Gasteiger partial charge is 0.382 e. The summed E-state index contributed by atoms with van der Waals surface area (Å²) in [6.07, 6.45) is 4.09. The van der Waals surface area contributed by atoms with E-state index in [1.807, 2.05) is 22.8 Å². The molecule has 108 valence electrons. The lowest BCUT2D eigenvalue weighted by atomic mass is 10.2. The molecule has 0 aliphatic rings. The van der Waals surface area contributed by atoms with E-state index in [4.69, 9.17) is 10.5 Å². The van der Waals surface area contributed by atoms with Crippen molar-refractivity contribution in [3.63, 3.8) is 0 Å². The van der Waals surface area contributed by atoms with Crippen LogP contribution in [0.2, 0.25) is 0 Å². The van der Waals surface area contributed by atoms with Gasteiger partial charge in [0, 0.05) is 13.2 Å². The molecule has 0 bridgehead atoms. The standard InChI is InChI=1S/C15H17N5O/c16-14-13-15(18-10-17-14)20(11-19-13)7-4-8-21-9-12-5-2-1-3-6-12/h1-3,5-6,10-11H,4,7-9H2,(H2,16,17,18). The van der Waals surface area contributed by atoms with Crippen LogP contribution in [0.15, 0.2) is 43.0 Å². The molecular formula is C15H17N5O. The van der Waals surface area contributed by atoms with Crippen LogP contribution in [0.25, 0.3) is 11.2 Å². The van der Waals surface area contributed by atoms with E-state index in [2.05, 4.69) is 27.1 Å². The number of fused-ring (bicyclic) bond motifs is 1. The third-order valence-corrected chi connectivity index (χ3v) is 3.23. The summed E-state index contributed by atoms with van der Waals surface area (Å²) in [6.45, 7) is 2.12. The molecule has 0 aliphatic heterocycles. The lowest BCUT2D eigenvalue weighted by Crippen LogP contribution is -2.03. The molecule has 3 rings (SSSR count). The van der Waals surface area contributed by atoms with Gasteiger partial charge in [0.2, 0.25) is 0 Å². The Hall–Kier alpha value is -2.47. The van der Waals surface area contributed by atoms with Crippen molar-refractivity contribution in [1.29, 1.82) is 0 Å². The third kappa shape index (κ3) is 3.17. The SMILES string of the molecule is Nc1ncnc2c1ncn2CCCOCc1ccccc1. The van der Waals surface area contributed by atoms with Crippen molar-refractivity contribution in [2.75, 3.05) is 12.3 Å². The zero-order valence-corrected chi connectivity index (χ0v) is 11.6. The van der Waals surface area contributed by atoms with Crippen LogP contribution in [0.3, 0.4) is 0 Å². The van der Waals surface area contributed by atoms with Gasteiger partial charge in [-0.1, -0.05) is 30.3 Å². The molecule has 0 fully saturated rings. The number of rotatable bonds is 6. The molecule has 2 aromatic heterocycles. The van der Waals surface area contributed by atoms with E-state index in [0.717, 1.165) is 18.6 Å². The molecule has 3 aromatic rings. The molecule has 0 saturated carbocycles. The first-order valence-corrected chi connectivity index (χ1v) is 6.87. The van der Waals surface area contributed by atoms with Gasteiger partial charge in [0.25, 0.3) is 0 Å². The maximum Gasteiger partial charge on any atom is 0.165 e. The fraction of sp³-hybridized carbons (Fsp3) is 0.267. The average Bonchev–Trinajstić information content (AvgIpc) is 2.93. The van der Waals surface area contributed by atoms with Gasteiger partial charge in [0.15, 0.2) is 11.5 Å². The third-order valence-electron chi connectivity index (χ3n) is 3.23. The van der Waals surface area contributed by atoms with Crippen LogP contribution in [0.4, 0.5) is 5.82 Å². The van der Waals surface area contributed by atoms with Crippen LogP contribution in [0.5, 0.6) is 0 Å². The lowest BCUT2D eigenvalue weighted by Gasteiger charge is -2.05. The Bertz CT molecular complexity index is 710. The van der Waals surface area contributed by atoms with Crippen LogP contribution >= 0.6 is 0 Å². The minimum Gasteiger partial charge on any atom is -0.382 e. The topological polar surface area (TPSA) is 78.9 Å². The first kappa shape index (κ1) is 13.5. The van der Waals surface area contributed by atoms with Crippen LogP contribution in [0.1, 0.15) is 12.0 Å². The summed E-state index contributed by atoms with van der Waals surface area (Å²) in [5, 5.41) is 0. The molecule has 6 heteroatoms. The summed E-state index contributed by atoms with van der Waals surface area (Å²) in [5.74, 6) is 0.416. The predicted octanol–water partition coefficient (Wildman–Crippen LogP) is 2.02. The summed E-state index contributed by atoms with van der Waals surface area (Å²) >= 11 is 0. The number of imidazole rings is 1. The quantitative estimate of drug-likeness (QED) is 0.700. The molecular weight excluding hydrogens is 266 g/mol. The second-order valence-corrected chi connectivity index (χ2v) is 4.76. The van der Waals surface area contributed by atoms with E-state index in [1.54, 1.807) is 6.33 Å². The van der Waals surface area contributed by atoms with Crippen molar-refractivity contribution >= 4 is 17.0 Å². The number of benzene rings is 1. The molecule has 0 atom stereocenters. The summed E-state index contributed by atoms with van der Waals surface area (Å²) in [4.78, 5) is 12.4. The monoisotopic (exact) mass is 283 g/mol. The Balaban J connectivity index is 1.50. The Kier molecular flexibility index (Phi) is 4.07. The molecule has 0 saturated heterocycles. The minimum absolute atomic E-state index is 0.416. The van der Waals surface area contributed by atoms with E-state index in [0.29, 0.717) is 24.5 Å². The highest BCUT2D eigenvalue weighted by Gasteiger charge is 2.06. The van der Waals surface area contributed by atoms with Crippen LogP contribution in [0, 0.1) is 0 Å². The summed E-state index contributed by atoms with van der Waals surface area (Å²) in [7, 11) is 0. The zero-order chi connectivity index (χ0) is 14.5. The van der Waals surface area contributed by atoms with Gasteiger partial charge in [0.1, 0.15) is 11.8 Å². The molecule has 1 aromatic carbocycles. The van der Waals surface area contributed by atoms with Gasteiger partial charge in [-0.2, -0.15) is 0 Å². The number of nitrogens with two attached hydrogens (primary N) is 1. The molecule has 0 radical (unpaired) electrons. The van der Waals surface area contributed by atoms with Crippen LogP contribution in [-0.4, -0.2) is 26.1 Å². The number of hydrogen-bond donors (Lipinski definition) is 1. The predicted molar refractivity (Wildman–Crippen MR) is 80.5 cm³/mol. The highest BCUT2D eigenvalue weighted by molar-refractivity contribution is 5.80. The number of aromatic nitrogens is 4. The van der Waals surface area contributed by atoms with Gasteiger partial charge in [-0.25, -0.2) is 15.0 Å². The van der Waals surface area contributed by atoms with Gasteiger partial charge >= 0.3 is 0 Å². The van der Waals surface area contributed by atoms with E-state index in [-0.39, 0.29) is 0 Å². The number of anilines is 1. The minimum atomic E-state index is 0.416. The number of nitrogen functional groups attached to an aromatic ring is 1. The van der Waals surface area contributed by atoms with Crippen molar-refractivity contribution in [3.8, 4) is 0 Å². The Labute approximate surface area is 122 Å². The Morgan fingerprint density at radius 1 is 1.10 bits per heavy atom.